The summed E-state index contributed by atoms with van der Waals surface area (Å²) in [4.78, 5) is 27.4. The Morgan fingerprint density at radius 1 is 0.871 bits per heavy atom. The monoisotopic (exact) mass is 420 g/mol. The maximum absolute atomic E-state index is 14.1. The van der Waals surface area contributed by atoms with E-state index in [1.54, 1.807) is 12.1 Å². The molecule has 31 heavy (non-hydrogen) atoms. The van der Waals surface area contributed by atoms with Gasteiger partial charge in [-0.2, -0.15) is 0 Å². The van der Waals surface area contributed by atoms with Gasteiger partial charge in [-0.3, -0.25) is 9.59 Å². The fourth-order valence-corrected chi connectivity index (χ4v) is 5.55. The van der Waals surface area contributed by atoms with Gasteiger partial charge < -0.3 is 9.42 Å². The van der Waals surface area contributed by atoms with E-state index in [4.69, 9.17) is 4.52 Å². The molecule has 5 rings (SSSR count). The molecule has 0 bridgehead atoms. The standard InChI is InChI=1S/C26H32N2O3/c29-17-18-11-13-19(14-12-18)23-24(27-31-25(23)20-15-16-20)26(30)28(21-7-3-1-4-8-21)22-9-5-2-6-10-22/h11-14,17,20-22H,1-10,15-16H2. The Kier molecular flexibility index (Phi) is 5.93. The molecule has 0 aliphatic heterocycles. The van der Waals surface area contributed by atoms with Gasteiger partial charge in [0.15, 0.2) is 5.69 Å². The fourth-order valence-electron chi connectivity index (χ4n) is 5.55. The Morgan fingerprint density at radius 2 is 1.45 bits per heavy atom. The Balaban J connectivity index is 1.53. The molecule has 0 radical (unpaired) electrons. The van der Waals surface area contributed by atoms with Gasteiger partial charge >= 0.3 is 0 Å². The van der Waals surface area contributed by atoms with E-state index in [0.717, 1.165) is 61.7 Å². The van der Waals surface area contributed by atoms with E-state index in [0.29, 0.717) is 29.3 Å². The molecule has 0 saturated heterocycles. The second-order valence-corrected chi connectivity index (χ2v) is 9.58. The van der Waals surface area contributed by atoms with Gasteiger partial charge in [-0.05, 0) is 44.1 Å². The summed E-state index contributed by atoms with van der Waals surface area (Å²) in [7, 11) is 0. The zero-order valence-corrected chi connectivity index (χ0v) is 18.2. The van der Waals surface area contributed by atoms with Crippen molar-refractivity contribution in [2.75, 3.05) is 0 Å². The number of carbonyl (C=O) groups excluding carboxylic acids is 2. The number of benzene rings is 1. The summed E-state index contributed by atoms with van der Waals surface area (Å²) in [6, 6.07) is 8.08. The third kappa shape index (κ3) is 4.19. The van der Waals surface area contributed by atoms with Crippen LogP contribution in [0.3, 0.4) is 0 Å². The number of rotatable bonds is 6. The highest BCUT2D eigenvalue weighted by Crippen LogP contribution is 2.46. The summed E-state index contributed by atoms with van der Waals surface area (Å²) in [5.41, 5.74) is 2.87. The smallest absolute Gasteiger partial charge is 0.277 e. The van der Waals surface area contributed by atoms with E-state index < -0.39 is 0 Å². The van der Waals surface area contributed by atoms with Gasteiger partial charge in [-0.25, -0.2) is 0 Å². The van der Waals surface area contributed by atoms with Gasteiger partial charge in [0.1, 0.15) is 12.0 Å². The zero-order valence-electron chi connectivity index (χ0n) is 18.2. The van der Waals surface area contributed by atoms with Crippen molar-refractivity contribution in [3.63, 3.8) is 0 Å². The van der Waals surface area contributed by atoms with Gasteiger partial charge in [0.25, 0.3) is 5.91 Å². The first kappa shape index (κ1) is 20.5. The van der Waals surface area contributed by atoms with Crippen LogP contribution in [0.25, 0.3) is 11.1 Å². The number of carbonyl (C=O) groups is 2. The maximum Gasteiger partial charge on any atom is 0.277 e. The minimum absolute atomic E-state index is 0.0453. The second-order valence-electron chi connectivity index (χ2n) is 9.58. The van der Waals surface area contributed by atoms with Crippen molar-refractivity contribution in [1.82, 2.24) is 10.1 Å². The average Bonchev–Trinajstić information content (AvgIpc) is 3.58. The highest BCUT2D eigenvalue weighted by molar-refractivity contribution is 6.00. The maximum atomic E-state index is 14.1. The van der Waals surface area contributed by atoms with Crippen molar-refractivity contribution >= 4 is 12.2 Å². The topological polar surface area (TPSA) is 63.4 Å². The first-order valence-corrected chi connectivity index (χ1v) is 12.1. The SMILES string of the molecule is O=Cc1ccc(-c2c(C(=O)N(C3CCCCC3)C3CCCCC3)noc2C2CC2)cc1. The summed E-state index contributed by atoms with van der Waals surface area (Å²) in [5, 5.41) is 4.37. The molecule has 1 aromatic carbocycles. The molecule has 0 spiro atoms. The van der Waals surface area contributed by atoms with E-state index in [9.17, 15) is 9.59 Å². The van der Waals surface area contributed by atoms with E-state index in [2.05, 4.69) is 10.1 Å². The lowest BCUT2D eigenvalue weighted by Gasteiger charge is -2.41. The number of amides is 1. The number of nitrogens with zero attached hydrogens (tertiary/aromatic N) is 2. The Hall–Kier alpha value is -2.43. The summed E-state index contributed by atoms with van der Waals surface area (Å²) in [5.74, 6) is 1.24. The number of hydrogen-bond donors (Lipinski definition) is 0. The molecule has 1 heterocycles. The van der Waals surface area contributed by atoms with Crippen molar-refractivity contribution in [2.24, 2.45) is 0 Å². The molecule has 3 aliphatic carbocycles. The van der Waals surface area contributed by atoms with Crippen molar-refractivity contribution in [2.45, 2.75) is 95.1 Å². The van der Waals surface area contributed by atoms with Crippen LogP contribution < -0.4 is 0 Å². The number of aromatic nitrogens is 1. The van der Waals surface area contributed by atoms with E-state index in [1.807, 2.05) is 12.1 Å². The van der Waals surface area contributed by atoms with Crippen molar-refractivity contribution in [3.8, 4) is 11.1 Å². The van der Waals surface area contributed by atoms with Crippen LogP contribution in [0.2, 0.25) is 0 Å². The average molecular weight is 421 g/mol. The predicted molar refractivity (Wildman–Crippen MR) is 119 cm³/mol. The van der Waals surface area contributed by atoms with Crippen LogP contribution in [0.15, 0.2) is 28.8 Å². The largest absolute Gasteiger partial charge is 0.360 e. The minimum Gasteiger partial charge on any atom is -0.360 e. The second kappa shape index (κ2) is 8.97. The van der Waals surface area contributed by atoms with E-state index in [-0.39, 0.29) is 5.91 Å². The normalized spacial score (nSPS) is 20.5. The third-order valence-electron chi connectivity index (χ3n) is 7.38. The first-order chi connectivity index (χ1) is 15.3. The molecule has 3 saturated carbocycles. The van der Waals surface area contributed by atoms with Crippen LogP contribution in [0.5, 0.6) is 0 Å². The van der Waals surface area contributed by atoms with Gasteiger partial charge in [0.2, 0.25) is 0 Å². The highest BCUT2D eigenvalue weighted by atomic mass is 16.5. The summed E-state index contributed by atoms with van der Waals surface area (Å²) >= 11 is 0. The Morgan fingerprint density at radius 3 is 1.97 bits per heavy atom. The number of aldehydes is 1. The molecule has 2 aromatic rings. The molecule has 0 unspecified atom stereocenters. The molecule has 1 amide bonds. The lowest BCUT2D eigenvalue weighted by Crippen LogP contribution is -2.49. The zero-order chi connectivity index (χ0) is 21.2. The van der Waals surface area contributed by atoms with Gasteiger partial charge in [0, 0.05) is 23.6 Å². The molecular weight excluding hydrogens is 388 g/mol. The lowest BCUT2D eigenvalue weighted by molar-refractivity contribution is 0.0439. The molecule has 1 aromatic heterocycles. The summed E-state index contributed by atoms with van der Waals surface area (Å²) < 4.78 is 5.81. The molecule has 5 heteroatoms. The molecule has 3 aliphatic rings. The van der Waals surface area contributed by atoms with Crippen molar-refractivity contribution < 1.29 is 14.1 Å². The van der Waals surface area contributed by atoms with Gasteiger partial charge in [0.05, 0.1) is 5.56 Å². The van der Waals surface area contributed by atoms with E-state index in [1.165, 1.54) is 38.5 Å². The first-order valence-electron chi connectivity index (χ1n) is 12.1. The molecular formula is C26H32N2O3. The Bertz CT molecular complexity index is 899. The molecule has 3 fully saturated rings. The van der Waals surface area contributed by atoms with Crippen LogP contribution in [-0.4, -0.2) is 34.3 Å². The van der Waals surface area contributed by atoms with E-state index >= 15 is 0 Å². The highest BCUT2D eigenvalue weighted by Gasteiger charge is 2.39. The lowest BCUT2D eigenvalue weighted by atomic mass is 9.88. The number of hydrogen-bond acceptors (Lipinski definition) is 4. The fraction of sp³-hybridized carbons (Fsp3) is 0.577. The van der Waals surface area contributed by atoms with Crippen LogP contribution in [-0.2, 0) is 0 Å². The van der Waals surface area contributed by atoms with Crippen LogP contribution in [0.1, 0.15) is 110 Å². The predicted octanol–water partition coefficient (Wildman–Crippen LogP) is 6.14. The van der Waals surface area contributed by atoms with Crippen molar-refractivity contribution in [3.05, 3.63) is 41.3 Å². The summed E-state index contributed by atoms with van der Waals surface area (Å²) in [6.45, 7) is 0. The summed E-state index contributed by atoms with van der Waals surface area (Å²) in [6.07, 6.45) is 14.7. The molecule has 0 N–H and O–H groups in total. The van der Waals surface area contributed by atoms with Gasteiger partial charge in [-0.1, -0.05) is 67.9 Å². The van der Waals surface area contributed by atoms with Crippen LogP contribution >= 0.6 is 0 Å². The van der Waals surface area contributed by atoms with Crippen LogP contribution in [0.4, 0.5) is 0 Å². The molecule has 5 nitrogen and oxygen atoms in total. The minimum atomic E-state index is 0.0453. The van der Waals surface area contributed by atoms with Crippen molar-refractivity contribution in [1.29, 1.82) is 0 Å². The molecule has 164 valence electrons. The quantitative estimate of drug-likeness (QED) is 0.527. The van der Waals surface area contributed by atoms with Gasteiger partial charge in [-0.15, -0.1) is 0 Å². The van der Waals surface area contributed by atoms with Crippen LogP contribution in [0, 0.1) is 0 Å². The third-order valence-corrected chi connectivity index (χ3v) is 7.38. The molecule has 0 atom stereocenters. The Labute approximate surface area is 184 Å².